The molecule has 5 nitrogen and oxygen atoms in total. The van der Waals surface area contributed by atoms with Gasteiger partial charge >= 0.3 is 0 Å². The van der Waals surface area contributed by atoms with Crippen LogP contribution >= 0.6 is 28.1 Å². The van der Waals surface area contributed by atoms with Crippen LogP contribution in [0.15, 0.2) is 46.9 Å². The smallest absolute Gasteiger partial charge is 0.257 e. The van der Waals surface area contributed by atoms with Crippen LogP contribution in [0.3, 0.4) is 0 Å². The van der Waals surface area contributed by atoms with E-state index in [0.29, 0.717) is 22.4 Å². The number of methoxy groups -OCH3 is 1. The molecule has 0 fully saturated rings. The van der Waals surface area contributed by atoms with Crippen molar-refractivity contribution in [1.82, 2.24) is 5.32 Å². The zero-order valence-corrected chi connectivity index (χ0v) is 16.4. The van der Waals surface area contributed by atoms with Crippen LogP contribution in [0.1, 0.15) is 23.7 Å². The van der Waals surface area contributed by atoms with E-state index in [0.717, 1.165) is 17.9 Å². The van der Waals surface area contributed by atoms with Gasteiger partial charge in [-0.2, -0.15) is 0 Å². The highest BCUT2D eigenvalue weighted by atomic mass is 79.9. The van der Waals surface area contributed by atoms with Gasteiger partial charge in [0.15, 0.2) is 5.11 Å². The molecule has 0 bridgehead atoms. The SMILES string of the molecule is CCCOc1cccc(NC(=S)NC(=O)c2ccc(OC)c(Br)c2)c1. The number of hydrogen-bond acceptors (Lipinski definition) is 4. The summed E-state index contributed by atoms with van der Waals surface area (Å²) in [5.41, 5.74) is 1.21. The van der Waals surface area contributed by atoms with E-state index in [9.17, 15) is 4.79 Å². The predicted octanol–water partition coefficient (Wildman–Crippen LogP) is 4.37. The van der Waals surface area contributed by atoms with Gasteiger partial charge in [0.05, 0.1) is 18.2 Å². The van der Waals surface area contributed by atoms with Crippen molar-refractivity contribution >= 4 is 44.9 Å². The highest BCUT2D eigenvalue weighted by Crippen LogP contribution is 2.25. The van der Waals surface area contributed by atoms with Crippen LogP contribution in [0, 0.1) is 0 Å². The van der Waals surface area contributed by atoms with Crippen molar-refractivity contribution < 1.29 is 14.3 Å². The minimum Gasteiger partial charge on any atom is -0.496 e. The Kier molecular flexibility index (Phi) is 7.21. The van der Waals surface area contributed by atoms with Gasteiger partial charge in [0.2, 0.25) is 0 Å². The maximum Gasteiger partial charge on any atom is 0.257 e. The van der Waals surface area contributed by atoms with Crippen molar-refractivity contribution in [3.8, 4) is 11.5 Å². The Morgan fingerprint density at radius 2 is 2.04 bits per heavy atom. The molecule has 0 saturated carbocycles. The molecule has 0 aromatic heterocycles. The zero-order valence-electron chi connectivity index (χ0n) is 14.0. The predicted molar refractivity (Wildman–Crippen MR) is 107 cm³/mol. The molecular weight excluding hydrogens is 404 g/mol. The third kappa shape index (κ3) is 5.72. The Hall–Kier alpha value is -2.12. The van der Waals surface area contributed by atoms with E-state index < -0.39 is 0 Å². The molecule has 0 radical (unpaired) electrons. The number of thiocarbonyl (C=S) groups is 1. The molecule has 7 heteroatoms. The number of amides is 1. The second kappa shape index (κ2) is 9.39. The first kappa shape index (κ1) is 19.2. The van der Waals surface area contributed by atoms with Crippen molar-refractivity contribution in [3.05, 3.63) is 52.5 Å². The highest BCUT2D eigenvalue weighted by Gasteiger charge is 2.11. The van der Waals surface area contributed by atoms with E-state index in [4.69, 9.17) is 21.7 Å². The standard InChI is InChI=1S/C18H19BrN2O3S/c1-3-9-24-14-6-4-5-13(11-14)20-18(25)21-17(22)12-7-8-16(23-2)15(19)10-12/h4-8,10-11H,3,9H2,1-2H3,(H2,20,21,22,25). The Morgan fingerprint density at radius 1 is 1.24 bits per heavy atom. The van der Waals surface area contributed by atoms with Crippen molar-refractivity contribution in [1.29, 1.82) is 0 Å². The molecule has 0 saturated heterocycles. The van der Waals surface area contributed by atoms with Crippen LogP contribution in [0.25, 0.3) is 0 Å². The number of nitrogens with one attached hydrogen (secondary N) is 2. The quantitative estimate of drug-likeness (QED) is 0.676. The summed E-state index contributed by atoms with van der Waals surface area (Å²) in [6.07, 6.45) is 0.934. The lowest BCUT2D eigenvalue weighted by Crippen LogP contribution is -2.34. The normalized spacial score (nSPS) is 10.0. The van der Waals surface area contributed by atoms with Crippen LogP contribution in [0.5, 0.6) is 11.5 Å². The topological polar surface area (TPSA) is 59.6 Å². The maximum atomic E-state index is 12.3. The zero-order chi connectivity index (χ0) is 18.2. The van der Waals surface area contributed by atoms with Crippen LogP contribution in [-0.4, -0.2) is 24.7 Å². The average Bonchev–Trinajstić information content (AvgIpc) is 2.60. The van der Waals surface area contributed by atoms with E-state index >= 15 is 0 Å². The lowest BCUT2D eigenvalue weighted by atomic mass is 10.2. The second-order valence-electron chi connectivity index (χ2n) is 5.13. The maximum absolute atomic E-state index is 12.3. The Labute approximate surface area is 160 Å². The number of rotatable bonds is 6. The minimum atomic E-state index is -0.306. The molecule has 2 aromatic rings. The third-order valence-electron chi connectivity index (χ3n) is 3.21. The van der Waals surface area contributed by atoms with Gasteiger partial charge in [0.25, 0.3) is 5.91 Å². The summed E-state index contributed by atoms with van der Waals surface area (Å²) in [6, 6.07) is 12.5. The molecule has 2 rings (SSSR count). The molecule has 1 amide bonds. The number of carbonyl (C=O) groups is 1. The van der Waals surface area contributed by atoms with Gasteiger partial charge < -0.3 is 14.8 Å². The van der Waals surface area contributed by atoms with Crippen LogP contribution < -0.4 is 20.1 Å². The molecule has 132 valence electrons. The molecule has 0 spiro atoms. The lowest BCUT2D eigenvalue weighted by molar-refractivity contribution is 0.0977. The molecular formula is C18H19BrN2O3S. The van der Waals surface area contributed by atoms with Gasteiger partial charge in [-0.25, -0.2) is 0 Å². The molecule has 0 unspecified atom stereocenters. The lowest BCUT2D eigenvalue weighted by Gasteiger charge is -2.12. The van der Waals surface area contributed by atoms with Gasteiger partial charge in [0, 0.05) is 17.3 Å². The molecule has 0 aliphatic heterocycles. The fourth-order valence-electron chi connectivity index (χ4n) is 2.03. The van der Waals surface area contributed by atoms with E-state index in [1.165, 1.54) is 0 Å². The molecule has 0 aliphatic carbocycles. The van der Waals surface area contributed by atoms with E-state index in [1.54, 1.807) is 25.3 Å². The first-order chi connectivity index (χ1) is 12.0. The van der Waals surface area contributed by atoms with Crippen LogP contribution in [0.2, 0.25) is 0 Å². The number of halogens is 1. The first-order valence-corrected chi connectivity index (χ1v) is 8.92. The Morgan fingerprint density at radius 3 is 2.72 bits per heavy atom. The molecule has 2 aromatic carbocycles. The molecule has 2 N–H and O–H groups in total. The Balaban J connectivity index is 1.97. The number of hydrogen-bond donors (Lipinski definition) is 2. The summed E-state index contributed by atoms with van der Waals surface area (Å²) in [6.45, 7) is 2.70. The molecule has 25 heavy (non-hydrogen) atoms. The summed E-state index contributed by atoms with van der Waals surface area (Å²) in [7, 11) is 1.57. The first-order valence-electron chi connectivity index (χ1n) is 7.72. The summed E-state index contributed by atoms with van der Waals surface area (Å²) < 4.78 is 11.4. The highest BCUT2D eigenvalue weighted by molar-refractivity contribution is 9.10. The third-order valence-corrected chi connectivity index (χ3v) is 4.03. The minimum absolute atomic E-state index is 0.213. The van der Waals surface area contributed by atoms with Crippen molar-refractivity contribution in [3.63, 3.8) is 0 Å². The number of benzene rings is 2. The average molecular weight is 423 g/mol. The molecule has 0 aliphatic rings. The Bertz CT molecular complexity index is 768. The fourth-order valence-corrected chi connectivity index (χ4v) is 2.78. The van der Waals surface area contributed by atoms with E-state index in [-0.39, 0.29) is 11.0 Å². The summed E-state index contributed by atoms with van der Waals surface area (Å²) in [5, 5.41) is 5.84. The van der Waals surface area contributed by atoms with Crippen molar-refractivity contribution in [2.24, 2.45) is 0 Å². The summed E-state index contributed by atoms with van der Waals surface area (Å²) in [4.78, 5) is 12.3. The van der Waals surface area contributed by atoms with Gasteiger partial charge in [-0.05, 0) is 64.9 Å². The summed E-state index contributed by atoms with van der Waals surface area (Å²) in [5.74, 6) is 1.10. The van der Waals surface area contributed by atoms with Crippen molar-refractivity contribution in [2.45, 2.75) is 13.3 Å². The summed E-state index contributed by atoms with van der Waals surface area (Å²) >= 11 is 8.56. The second-order valence-corrected chi connectivity index (χ2v) is 6.40. The van der Waals surface area contributed by atoms with Gasteiger partial charge in [-0.3, -0.25) is 10.1 Å². The number of carbonyl (C=O) groups excluding carboxylic acids is 1. The van der Waals surface area contributed by atoms with Gasteiger partial charge in [-0.15, -0.1) is 0 Å². The monoisotopic (exact) mass is 422 g/mol. The van der Waals surface area contributed by atoms with Gasteiger partial charge in [-0.1, -0.05) is 13.0 Å². The van der Waals surface area contributed by atoms with Crippen LogP contribution in [0.4, 0.5) is 5.69 Å². The number of anilines is 1. The molecule has 0 atom stereocenters. The van der Waals surface area contributed by atoms with E-state index in [2.05, 4.69) is 26.6 Å². The number of ether oxygens (including phenoxy) is 2. The van der Waals surface area contributed by atoms with Crippen LogP contribution in [-0.2, 0) is 0 Å². The molecule has 0 heterocycles. The van der Waals surface area contributed by atoms with Crippen molar-refractivity contribution in [2.75, 3.05) is 19.0 Å². The fraction of sp³-hybridized carbons (Fsp3) is 0.222. The largest absolute Gasteiger partial charge is 0.496 e. The van der Waals surface area contributed by atoms with E-state index in [1.807, 2.05) is 31.2 Å². The van der Waals surface area contributed by atoms with Gasteiger partial charge in [0.1, 0.15) is 11.5 Å².